The Morgan fingerprint density at radius 2 is 1.96 bits per heavy atom. The Morgan fingerprint density at radius 3 is 2.64 bits per heavy atom. The number of anilines is 2. The quantitative estimate of drug-likeness (QED) is 0.597. The van der Waals surface area contributed by atoms with Crippen LogP contribution in [-0.4, -0.2) is 37.1 Å². The number of rotatable bonds is 6. The molecule has 0 radical (unpaired) electrons. The van der Waals surface area contributed by atoms with Crippen molar-refractivity contribution >= 4 is 23.0 Å². The van der Waals surface area contributed by atoms with Gasteiger partial charge in [-0.1, -0.05) is 32.0 Å². The standard InChI is InChI=1S/C21H25N3O4/c1-3-15(2)17-6-4-5-7-18(17)22-21(25)16-8-9-19(20(14-16)24(26)27)23-10-12-28-13-11-23/h4-9,14-15H,3,10-13H2,1-2H3,(H,22,25)/t15-/m0/s1. The Hall–Kier alpha value is -2.93. The fraction of sp³-hybridized carbons (Fsp3) is 0.381. The molecule has 0 aliphatic carbocycles. The van der Waals surface area contributed by atoms with Crippen LogP contribution in [0.5, 0.6) is 0 Å². The third-order valence-corrected chi connectivity index (χ3v) is 5.14. The van der Waals surface area contributed by atoms with Crippen molar-refractivity contribution in [1.82, 2.24) is 0 Å². The number of carbonyl (C=O) groups excluding carboxylic acids is 1. The molecule has 0 unspecified atom stereocenters. The van der Waals surface area contributed by atoms with Gasteiger partial charge in [0.1, 0.15) is 5.69 Å². The Morgan fingerprint density at radius 1 is 1.25 bits per heavy atom. The fourth-order valence-corrected chi connectivity index (χ4v) is 3.34. The predicted molar refractivity (Wildman–Crippen MR) is 109 cm³/mol. The predicted octanol–water partition coefficient (Wildman–Crippen LogP) is 4.20. The van der Waals surface area contributed by atoms with E-state index in [0.29, 0.717) is 37.9 Å². The summed E-state index contributed by atoms with van der Waals surface area (Å²) >= 11 is 0. The second-order valence-corrected chi connectivity index (χ2v) is 6.91. The van der Waals surface area contributed by atoms with Crippen molar-refractivity contribution in [3.05, 3.63) is 63.7 Å². The van der Waals surface area contributed by atoms with Gasteiger partial charge in [0, 0.05) is 30.4 Å². The number of amides is 1. The van der Waals surface area contributed by atoms with E-state index >= 15 is 0 Å². The summed E-state index contributed by atoms with van der Waals surface area (Å²) in [6.45, 7) is 6.45. The van der Waals surface area contributed by atoms with Crippen LogP contribution in [0.15, 0.2) is 42.5 Å². The average molecular weight is 383 g/mol. The highest BCUT2D eigenvalue weighted by Crippen LogP contribution is 2.31. The van der Waals surface area contributed by atoms with E-state index in [1.165, 1.54) is 6.07 Å². The molecule has 7 nitrogen and oxygen atoms in total. The Bertz CT molecular complexity index is 862. The zero-order valence-electron chi connectivity index (χ0n) is 16.2. The van der Waals surface area contributed by atoms with Crippen LogP contribution >= 0.6 is 0 Å². The Balaban J connectivity index is 1.87. The molecular weight excluding hydrogens is 358 g/mol. The van der Waals surface area contributed by atoms with Gasteiger partial charge < -0.3 is 15.0 Å². The van der Waals surface area contributed by atoms with Crippen molar-refractivity contribution in [2.75, 3.05) is 36.5 Å². The maximum atomic E-state index is 12.8. The van der Waals surface area contributed by atoms with Gasteiger partial charge in [-0.25, -0.2) is 0 Å². The lowest BCUT2D eigenvalue weighted by molar-refractivity contribution is -0.384. The molecule has 3 rings (SSSR count). The number of nitrogens with one attached hydrogen (secondary N) is 1. The number of nitro benzene ring substituents is 1. The Kier molecular flexibility index (Phi) is 6.26. The smallest absolute Gasteiger partial charge is 0.293 e. The molecule has 1 atom stereocenters. The highest BCUT2D eigenvalue weighted by atomic mass is 16.6. The molecule has 0 spiro atoms. The summed E-state index contributed by atoms with van der Waals surface area (Å²) < 4.78 is 5.31. The number of hydrogen-bond acceptors (Lipinski definition) is 5. The zero-order chi connectivity index (χ0) is 20.1. The molecule has 0 bridgehead atoms. The van der Waals surface area contributed by atoms with Crippen LogP contribution in [0.3, 0.4) is 0 Å². The van der Waals surface area contributed by atoms with Crippen molar-refractivity contribution in [2.45, 2.75) is 26.2 Å². The van der Waals surface area contributed by atoms with Crippen LogP contribution < -0.4 is 10.2 Å². The number of benzene rings is 2. The minimum Gasteiger partial charge on any atom is -0.378 e. The van der Waals surface area contributed by atoms with Crippen LogP contribution in [0.4, 0.5) is 17.1 Å². The van der Waals surface area contributed by atoms with Gasteiger partial charge in [-0.2, -0.15) is 0 Å². The van der Waals surface area contributed by atoms with Crippen LogP contribution in [0.25, 0.3) is 0 Å². The topological polar surface area (TPSA) is 84.7 Å². The molecule has 1 aliphatic heterocycles. The molecular formula is C21H25N3O4. The van der Waals surface area contributed by atoms with Crippen molar-refractivity contribution in [1.29, 1.82) is 0 Å². The molecule has 1 amide bonds. The summed E-state index contributed by atoms with van der Waals surface area (Å²) in [6, 6.07) is 12.3. The molecule has 1 heterocycles. The van der Waals surface area contributed by atoms with E-state index in [9.17, 15) is 14.9 Å². The van der Waals surface area contributed by atoms with Crippen molar-refractivity contribution in [3.63, 3.8) is 0 Å². The molecule has 1 fully saturated rings. The van der Waals surface area contributed by atoms with Gasteiger partial charge in [0.25, 0.3) is 11.6 Å². The summed E-state index contributed by atoms with van der Waals surface area (Å²) in [5.41, 5.74) is 2.51. The molecule has 0 saturated carbocycles. The number of nitrogens with zero attached hydrogens (tertiary/aromatic N) is 2. The van der Waals surface area contributed by atoms with Crippen LogP contribution in [0, 0.1) is 10.1 Å². The molecule has 28 heavy (non-hydrogen) atoms. The first-order valence-electron chi connectivity index (χ1n) is 9.52. The summed E-state index contributed by atoms with van der Waals surface area (Å²) in [4.78, 5) is 25.9. The summed E-state index contributed by atoms with van der Waals surface area (Å²) in [5.74, 6) is -0.0538. The SMILES string of the molecule is CC[C@H](C)c1ccccc1NC(=O)c1ccc(N2CCOCC2)c([N+](=O)[O-])c1. The van der Waals surface area contributed by atoms with Gasteiger partial charge in [0.05, 0.1) is 18.1 Å². The maximum absolute atomic E-state index is 12.8. The summed E-state index contributed by atoms with van der Waals surface area (Å²) in [7, 11) is 0. The largest absolute Gasteiger partial charge is 0.378 e. The fourth-order valence-electron chi connectivity index (χ4n) is 3.34. The number of ether oxygens (including phenoxy) is 1. The number of morpholine rings is 1. The maximum Gasteiger partial charge on any atom is 0.293 e. The van der Waals surface area contributed by atoms with Crippen LogP contribution in [0.2, 0.25) is 0 Å². The second-order valence-electron chi connectivity index (χ2n) is 6.91. The second kappa shape index (κ2) is 8.84. The van der Waals surface area contributed by atoms with Crippen molar-refractivity contribution in [2.24, 2.45) is 0 Å². The average Bonchev–Trinajstić information content (AvgIpc) is 2.73. The first-order chi connectivity index (χ1) is 13.5. The van der Waals surface area contributed by atoms with Gasteiger partial charge in [-0.15, -0.1) is 0 Å². The third-order valence-electron chi connectivity index (χ3n) is 5.14. The molecule has 1 saturated heterocycles. The molecule has 148 valence electrons. The van der Waals surface area contributed by atoms with E-state index in [0.717, 1.165) is 17.7 Å². The normalized spacial score (nSPS) is 15.1. The van der Waals surface area contributed by atoms with E-state index in [1.54, 1.807) is 12.1 Å². The molecule has 2 aromatic rings. The van der Waals surface area contributed by atoms with Gasteiger partial charge in [-0.3, -0.25) is 14.9 Å². The third kappa shape index (κ3) is 4.31. The number of carbonyl (C=O) groups is 1. The lowest BCUT2D eigenvalue weighted by atomic mass is 9.96. The van der Waals surface area contributed by atoms with E-state index in [2.05, 4.69) is 19.2 Å². The van der Waals surface area contributed by atoms with Crippen molar-refractivity contribution < 1.29 is 14.5 Å². The minimum atomic E-state index is -0.436. The minimum absolute atomic E-state index is 0.0650. The van der Waals surface area contributed by atoms with Crippen molar-refractivity contribution in [3.8, 4) is 0 Å². The van der Waals surface area contributed by atoms with Gasteiger partial charge in [0.2, 0.25) is 0 Å². The number of para-hydroxylation sites is 1. The highest BCUT2D eigenvalue weighted by molar-refractivity contribution is 6.05. The van der Waals surface area contributed by atoms with E-state index < -0.39 is 4.92 Å². The van der Waals surface area contributed by atoms with Gasteiger partial charge in [-0.05, 0) is 36.1 Å². The van der Waals surface area contributed by atoms with Crippen LogP contribution in [-0.2, 0) is 4.74 Å². The van der Waals surface area contributed by atoms with Gasteiger partial charge in [0.15, 0.2) is 0 Å². The van der Waals surface area contributed by atoms with E-state index in [-0.39, 0.29) is 17.2 Å². The van der Waals surface area contributed by atoms with Crippen LogP contribution in [0.1, 0.15) is 42.1 Å². The number of hydrogen-bond donors (Lipinski definition) is 1. The molecule has 7 heteroatoms. The summed E-state index contributed by atoms with van der Waals surface area (Å²) in [6.07, 6.45) is 0.951. The molecule has 2 aromatic carbocycles. The molecule has 1 aliphatic rings. The molecule has 0 aromatic heterocycles. The number of nitro groups is 1. The molecule has 1 N–H and O–H groups in total. The zero-order valence-corrected chi connectivity index (χ0v) is 16.2. The lowest BCUT2D eigenvalue weighted by Gasteiger charge is -2.28. The van der Waals surface area contributed by atoms with Gasteiger partial charge >= 0.3 is 0 Å². The first-order valence-corrected chi connectivity index (χ1v) is 9.52. The summed E-state index contributed by atoms with van der Waals surface area (Å²) in [5, 5.41) is 14.5. The lowest BCUT2D eigenvalue weighted by Crippen LogP contribution is -2.36. The van der Waals surface area contributed by atoms with E-state index in [1.807, 2.05) is 29.2 Å². The van der Waals surface area contributed by atoms with E-state index in [4.69, 9.17) is 4.74 Å². The first kappa shape index (κ1) is 19.8. The highest BCUT2D eigenvalue weighted by Gasteiger charge is 2.23. The monoisotopic (exact) mass is 383 g/mol. The Labute approximate surface area is 164 Å².